The van der Waals surface area contributed by atoms with Crippen molar-refractivity contribution < 1.29 is 14.4 Å². The van der Waals surface area contributed by atoms with Gasteiger partial charge in [0.2, 0.25) is 5.91 Å². The second-order valence-corrected chi connectivity index (χ2v) is 6.33. The molecular formula is C22H17N3O3. The highest BCUT2D eigenvalue weighted by molar-refractivity contribution is 6.21. The van der Waals surface area contributed by atoms with Gasteiger partial charge in [0.15, 0.2) is 0 Å². The van der Waals surface area contributed by atoms with Crippen molar-refractivity contribution in [1.82, 2.24) is 9.47 Å². The number of benzene rings is 2. The molecule has 0 atom stereocenters. The molecule has 0 fully saturated rings. The molecule has 2 aromatic carbocycles. The minimum absolute atomic E-state index is 0.0114. The van der Waals surface area contributed by atoms with Crippen molar-refractivity contribution in [1.29, 1.82) is 0 Å². The summed E-state index contributed by atoms with van der Waals surface area (Å²) in [5.74, 6) is -0.965. The molecule has 6 heteroatoms. The van der Waals surface area contributed by atoms with Crippen LogP contribution in [0, 0.1) is 0 Å². The number of para-hydroxylation sites is 1. The summed E-state index contributed by atoms with van der Waals surface area (Å²) in [5, 5.41) is 0. The largest absolute Gasteiger partial charge is 0.274 e. The topological polar surface area (TPSA) is 71.7 Å². The van der Waals surface area contributed by atoms with Gasteiger partial charge in [-0.25, -0.2) is 4.99 Å². The van der Waals surface area contributed by atoms with Crippen LogP contribution in [0.1, 0.15) is 31.9 Å². The molecule has 0 radical (unpaired) electrons. The Kier molecular flexibility index (Phi) is 4.68. The summed E-state index contributed by atoms with van der Waals surface area (Å²) in [6.45, 7) is 0.0256. The SMILES string of the molecule is O=C1c2ccccc2C(=O)N1CCC(=O)n1ccccc1=Nc1ccccc1. The zero-order valence-corrected chi connectivity index (χ0v) is 15.0. The van der Waals surface area contributed by atoms with Crippen molar-refractivity contribution in [2.45, 2.75) is 6.42 Å². The van der Waals surface area contributed by atoms with Gasteiger partial charge >= 0.3 is 0 Å². The predicted molar refractivity (Wildman–Crippen MR) is 103 cm³/mol. The first-order valence-corrected chi connectivity index (χ1v) is 8.91. The number of aromatic nitrogens is 1. The number of hydrogen-bond acceptors (Lipinski definition) is 4. The van der Waals surface area contributed by atoms with Gasteiger partial charge in [0, 0.05) is 19.2 Å². The standard InChI is InChI=1S/C22H17N3O3/c26-20(13-15-25-21(27)17-10-4-5-11-18(17)22(25)28)24-14-7-6-12-19(24)23-16-8-2-1-3-9-16/h1-12,14H,13,15H2. The van der Waals surface area contributed by atoms with Crippen LogP contribution in [-0.2, 0) is 0 Å². The summed E-state index contributed by atoms with van der Waals surface area (Å²) in [6.07, 6.45) is 1.64. The Morgan fingerprint density at radius 2 is 1.39 bits per heavy atom. The van der Waals surface area contributed by atoms with Crippen molar-refractivity contribution in [2.24, 2.45) is 4.99 Å². The molecule has 2 heterocycles. The first kappa shape index (κ1) is 17.6. The Labute approximate surface area is 161 Å². The second kappa shape index (κ2) is 7.44. The Morgan fingerprint density at radius 3 is 2.07 bits per heavy atom. The highest BCUT2D eigenvalue weighted by Gasteiger charge is 2.35. The number of carbonyl (C=O) groups excluding carboxylic acids is 3. The summed E-state index contributed by atoms with van der Waals surface area (Å²) >= 11 is 0. The number of fused-ring (bicyclic) bond motifs is 1. The molecule has 0 bridgehead atoms. The molecule has 0 spiro atoms. The summed E-state index contributed by atoms with van der Waals surface area (Å²) in [6, 6.07) is 21.3. The van der Waals surface area contributed by atoms with E-state index in [1.165, 1.54) is 4.57 Å². The Bertz CT molecular complexity index is 1100. The van der Waals surface area contributed by atoms with Crippen molar-refractivity contribution in [3.8, 4) is 0 Å². The van der Waals surface area contributed by atoms with Gasteiger partial charge in [-0.2, -0.15) is 0 Å². The van der Waals surface area contributed by atoms with E-state index in [-0.39, 0.29) is 30.7 Å². The Morgan fingerprint density at radius 1 is 0.786 bits per heavy atom. The predicted octanol–water partition coefficient (Wildman–Crippen LogP) is 3.05. The smallest absolute Gasteiger partial charge is 0.261 e. The van der Waals surface area contributed by atoms with E-state index in [9.17, 15) is 14.4 Å². The van der Waals surface area contributed by atoms with Gasteiger partial charge in [0.05, 0.1) is 16.8 Å². The molecule has 0 N–H and O–H groups in total. The van der Waals surface area contributed by atoms with Crippen molar-refractivity contribution >= 4 is 23.4 Å². The molecule has 3 aromatic rings. The number of hydrogen-bond donors (Lipinski definition) is 0. The van der Waals surface area contributed by atoms with E-state index in [0.717, 1.165) is 10.6 Å². The van der Waals surface area contributed by atoms with Crippen LogP contribution < -0.4 is 5.49 Å². The van der Waals surface area contributed by atoms with Crippen LogP contribution in [0.5, 0.6) is 0 Å². The minimum Gasteiger partial charge on any atom is -0.274 e. The van der Waals surface area contributed by atoms with Gasteiger partial charge in [-0.3, -0.25) is 23.9 Å². The third-order valence-corrected chi connectivity index (χ3v) is 4.53. The van der Waals surface area contributed by atoms with Crippen molar-refractivity contribution in [2.75, 3.05) is 6.54 Å². The van der Waals surface area contributed by atoms with E-state index < -0.39 is 0 Å². The van der Waals surface area contributed by atoms with Crippen molar-refractivity contribution in [3.05, 3.63) is 95.6 Å². The number of amides is 2. The molecule has 28 heavy (non-hydrogen) atoms. The van der Waals surface area contributed by atoms with E-state index >= 15 is 0 Å². The van der Waals surface area contributed by atoms with E-state index in [1.54, 1.807) is 48.7 Å². The van der Waals surface area contributed by atoms with Gasteiger partial charge in [-0.05, 0) is 36.4 Å². The Hall–Kier alpha value is -3.80. The van der Waals surface area contributed by atoms with E-state index in [0.29, 0.717) is 16.6 Å². The number of pyridine rings is 1. The average molecular weight is 371 g/mol. The molecule has 4 rings (SSSR count). The fourth-order valence-corrected chi connectivity index (χ4v) is 3.14. The van der Waals surface area contributed by atoms with Gasteiger partial charge in [0.1, 0.15) is 5.49 Å². The molecule has 6 nitrogen and oxygen atoms in total. The molecule has 1 aliphatic rings. The Balaban J connectivity index is 1.54. The summed E-state index contributed by atoms with van der Waals surface area (Å²) in [5.41, 5.74) is 1.98. The van der Waals surface area contributed by atoms with E-state index in [1.807, 2.05) is 30.3 Å². The molecule has 0 saturated carbocycles. The van der Waals surface area contributed by atoms with E-state index in [4.69, 9.17) is 0 Å². The maximum absolute atomic E-state index is 12.8. The lowest BCUT2D eigenvalue weighted by Crippen LogP contribution is -2.34. The van der Waals surface area contributed by atoms with Crippen LogP contribution >= 0.6 is 0 Å². The molecule has 138 valence electrons. The fourth-order valence-electron chi connectivity index (χ4n) is 3.14. The third-order valence-electron chi connectivity index (χ3n) is 4.53. The maximum atomic E-state index is 12.8. The summed E-state index contributed by atoms with van der Waals surface area (Å²) in [4.78, 5) is 43.2. The van der Waals surface area contributed by atoms with Crippen LogP contribution in [0.4, 0.5) is 5.69 Å². The lowest BCUT2D eigenvalue weighted by molar-refractivity contribution is 0.0644. The number of imide groups is 1. The molecule has 2 amide bonds. The molecule has 0 aliphatic carbocycles. The number of nitrogens with zero attached hydrogens (tertiary/aromatic N) is 3. The molecule has 1 aromatic heterocycles. The summed E-state index contributed by atoms with van der Waals surface area (Å²) < 4.78 is 1.44. The first-order chi connectivity index (χ1) is 13.6. The first-order valence-electron chi connectivity index (χ1n) is 8.91. The average Bonchev–Trinajstić information content (AvgIpc) is 2.98. The zero-order chi connectivity index (χ0) is 19.5. The van der Waals surface area contributed by atoms with Crippen LogP contribution in [0.2, 0.25) is 0 Å². The number of rotatable bonds is 4. The summed E-state index contributed by atoms with van der Waals surface area (Å²) in [7, 11) is 0. The van der Waals surface area contributed by atoms with Gasteiger partial charge in [-0.15, -0.1) is 0 Å². The quantitative estimate of drug-likeness (QED) is 0.662. The van der Waals surface area contributed by atoms with Gasteiger partial charge in [0.25, 0.3) is 11.8 Å². The fraction of sp³-hybridized carbons (Fsp3) is 0.0909. The second-order valence-electron chi connectivity index (χ2n) is 6.33. The molecule has 1 aliphatic heterocycles. The van der Waals surface area contributed by atoms with Gasteiger partial charge < -0.3 is 0 Å². The zero-order valence-electron chi connectivity index (χ0n) is 15.0. The molecular weight excluding hydrogens is 354 g/mol. The van der Waals surface area contributed by atoms with Crippen LogP contribution in [0.15, 0.2) is 84.0 Å². The number of carbonyl (C=O) groups is 3. The van der Waals surface area contributed by atoms with E-state index in [2.05, 4.69) is 4.99 Å². The molecule has 0 unspecified atom stereocenters. The van der Waals surface area contributed by atoms with Gasteiger partial charge in [-0.1, -0.05) is 36.4 Å². The van der Waals surface area contributed by atoms with Crippen LogP contribution in [0.25, 0.3) is 0 Å². The normalized spacial score (nSPS) is 13.7. The lowest BCUT2D eigenvalue weighted by atomic mass is 10.1. The minimum atomic E-state index is -0.361. The van der Waals surface area contributed by atoms with Crippen molar-refractivity contribution in [3.63, 3.8) is 0 Å². The molecule has 0 saturated heterocycles. The highest BCUT2D eigenvalue weighted by Crippen LogP contribution is 2.22. The lowest BCUT2D eigenvalue weighted by Gasteiger charge is -2.14. The maximum Gasteiger partial charge on any atom is 0.261 e. The van der Waals surface area contributed by atoms with Crippen LogP contribution in [-0.4, -0.2) is 33.7 Å². The highest BCUT2D eigenvalue weighted by atomic mass is 16.2. The monoisotopic (exact) mass is 371 g/mol. The third kappa shape index (κ3) is 3.27. The van der Waals surface area contributed by atoms with Crippen LogP contribution in [0.3, 0.4) is 0 Å².